The maximum atomic E-state index is 13.6. The molecule has 2 aliphatic rings. The second-order valence-corrected chi connectivity index (χ2v) is 22.0. The lowest BCUT2D eigenvalue weighted by Gasteiger charge is -2.31. The van der Waals surface area contributed by atoms with Crippen molar-refractivity contribution in [1.29, 1.82) is 0 Å². The second kappa shape index (κ2) is 15.4. The summed E-state index contributed by atoms with van der Waals surface area (Å²) in [6, 6.07) is 21.0. The Morgan fingerprint density at radius 2 is 1.12 bits per heavy atom. The number of Topliss-reactive ketones (excluding diaryl/α,β-unsaturated/α-hetero) is 1. The lowest BCUT2D eigenvalue weighted by atomic mass is 9.72. The average molecular weight is 843 g/mol. The first-order chi connectivity index (χ1) is 28.0. The minimum Gasteiger partial charge on any atom is -0.507 e. The second-order valence-electron chi connectivity index (χ2n) is 19.9. The summed E-state index contributed by atoms with van der Waals surface area (Å²) in [5, 5.41) is 13.1. The van der Waals surface area contributed by atoms with Gasteiger partial charge in [0.25, 0.3) is 0 Å². The molecular weight excluding hydrogens is 785 g/mol. The molecule has 8 heteroatoms. The highest BCUT2D eigenvalue weighted by Gasteiger charge is 2.34. The van der Waals surface area contributed by atoms with Gasteiger partial charge in [-0.15, -0.1) is 22.7 Å². The minimum absolute atomic E-state index is 0.0101. The topological polar surface area (TPSA) is 74.2 Å². The van der Waals surface area contributed by atoms with Gasteiger partial charge in [0.1, 0.15) is 28.7 Å². The number of allylic oxidation sites excluding steroid dienone is 4. The molecule has 2 aromatic heterocycles. The zero-order valence-corrected chi connectivity index (χ0v) is 39.2. The molecule has 3 heterocycles. The van der Waals surface area contributed by atoms with E-state index >= 15 is 0 Å². The lowest BCUT2D eigenvalue weighted by molar-refractivity contribution is -0.114. The third-order valence-electron chi connectivity index (χ3n) is 11.1. The van der Waals surface area contributed by atoms with E-state index in [4.69, 9.17) is 18.9 Å². The van der Waals surface area contributed by atoms with Gasteiger partial charge in [0.05, 0.1) is 25.0 Å². The summed E-state index contributed by atoms with van der Waals surface area (Å²) in [5.41, 5.74) is 6.38. The molecule has 0 bridgehead atoms. The Morgan fingerprint density at radius 3 is 1.65 bits per heavy atom. The van der Waals surface area contributed by atoms with Crippen LogP contribution in [0.5, 0.6) is 28.7 Å². The fourth-order valence-electron chi connectivity index (χ4n) is 7.75. The Morgan fingerprint density at radius 1 is 0.583 bits per heavy atom. The standard InChI is InChI=1S/C52H58O6S2/c1-49(2,3)35-19-29(20-36(47(35)53)50(4,5)6)43-15-17-45(59-43)31-23-39(55-13)33-27-34-40(56-14)24-32(26-42(34)58-28-57-41(33)25-31)46-18-16-44(60-46)30-21-37(51(7,8)9)48(54)38(22-30)52(10,11)12/h15-27,53H,28H2,1-14H3/b34-27-,46-32-. The fraction of sp³-hybridized carbons (Fsp3) is 0.365. The SMILES string of the molecule is COc1cc(-c2ccc(-c3cc(C(C)(C)C)c(O)c(C(C)(C)C)c3)s2)cc2c1/C=c1/c(OC)c/c(=c3\ccc(=C4C=C(C(C)(C)C)C(=O)C(C(C)(C)C)=C4)s3)cc1OCO2. The Kier molecular flexibility index (Phi) is 11.1. The van der Waals surface area contributed by atoms with Gasteiger partial charge in [0.15, 0.2) is 5.78 Å². The number of ether oxygens (including phenoxy) is 4. The van der Waals surface area contributed by atoms with Gasteiger partial charge in [-0.1, -0.05) is 83.1 Å². The largest absolute Gasteiger partial charge is 0.507 e. The van der Waals surface area contributed by atoms with Crippen LogP contribution in [0.4, 0.5) is 0 Å². The number of carbonyl (C=O) groups excluding carboxylic acids is 1. The average Bonchev–Trinajstić information content (AvgIpc) is 3.84. The summed E-state index contributed by atoms with van der Waals surface area (Å²) >= 11 is 3.37. The zero-order valence-electron chi connectivity index (χ0n) is 37.5. The molecule has 0 atom stereocenters. The van der Waals surface area contributed by atoms with Crippen LogP contribution in [0.2, 0.25) is 0 Å². The highest BCUT2D eigenvalue weighted by atomic mass is 32.1. The zero-order chi connectivity index (χ0) is 43.7. The molecule has 1 aliphatic carbocycles. The number of phenolic OH excluding ortho intramolecular Hbond substituents is 1. The summed E-state index contributed by atoms with van der Waals surface area (Å²) in [5.74, 6) is 3.11. The molecule has 1 aliphatic heterocycles. The molecule has 0 amide bonds. The van der Waals surface area contributed by atoms with Crippen LogP contribution in [0.15, 0.2) is 84.0 Å². The highest BCUT2D eigenvalue weighted by Crippen LogP contribution is 2.46. The van der Waals surface area contributed by atoms with Crippen LogP contribution in [0.1, 0.15) is 99.8 Å². The van der Waals surface area contributed by atoms with Crippen molar-refractivity contribution in [3.05, 3.63) is 120 Å². The quantitative estimate of drug-likeness (QED) is 0.194. The number of phenols is 1. The first-order valence-electron chi connectivity index (χ1n) is 20.5. The van der Waals surface area contributed by atoms with Gasteiger partial charge in [-0.3, -0.25) is 4.79 Å². The predicted molar refractivity (Wildman–Crippen MR) is 248 cm³/mol. The number of aromatic hydroxyl groups is 1. The highest BCUT2D eigenvalue weighted by molar-refractivity contribution is 7.18. The number of hydrogen-bond acceptors (Lipinski definition) is 8. The smallest absolute Gasteiger partial charge is 0.230 e. The van der Waals surface area contributed by atoms with Gasteiger partial charge in [0.2, 0.25) is 6.79 Å². The van der Waals surface area contributed by atoms with E-state index in [9.17, 15) is 9.90 Å². The lowest BCUT2D eigenvalue weighted by Crippen LogP contribution is -2.28. The van der Waals surface area contributed by atoms with E-state index in [1.54, 1.807) is 36.9 Å². The Hall–Kier alpha value is -5.05. The van der Waals surface area contributed by atoms with Crippen molar-refractivity contribution in [3.63, 3.8) is 0 Å². The van der Waals surface area contributed by atoms with Gasteiger partial charge in [-0.05, 0) is 122 Å². The number of fused-ring (bicyclic) bond motifs is 2. The maximum Gasteiger partial charge on any atom is 0.230 e. The molecule has 6 nitrogen and oxygen atoms in total. The Balaban J connectivity index is 1.33. The number of carbonyl (C=O) groups is 1. The van der Waals surface area contributed by atoms with E-state index in [1.165, 1.54) is 0 Å². The van der Waals surface area contributed by atoms with Crippen molar-refractivity contribution in [2.45, 2.75) is 93.9 Å². The molecule has 0 radical (unpaired) electrons. The maximum absolute atomic E-state index is 13.6. The van der Waals surface area contributed by atoms with Crippen LogP contribution in [-0.2, 0) is 15.6 Å². The number of ketones is 1. The predicted octanol–water partition coefficient (Wildman–Crippen LogP) is 12.0. The summed E-state index contributed by atoms with van der Waals surface area (Å²) in [6.45, 7) is 25.4. The van der Waals surface area contributed by atoms with Gasteiger partial charge in [-0.25, -0.2) is 0 Å². The normalized spacial score (nSPS) is 15.9. The van der Waals surface area contributed by atoms with E-state index in [1.807, 2.05) is 24.3 Å². The van der Waals surface area contributed by atoms with E-state index in [0.29, 0.717) is 28.7 Å². The number of methoxy groups -OCH3 is 2. The third kappa shape index (κ3) is 8.33. The minimum atomic E-state index is -0.287. The van der Waals surface area contributed by atoms with Crippen LogP contribution < -0.4 is 28.7 Å². The van der Waals surface area contributed by atoms with Gasteiger partial charge < -0.3 is 24.1 Å². The Bertz CT molecular complexity index is 2750. The van der Waals surface area contributed by atoms with Gasteiger partial charge >= 0.3 is 0 Å². The van der Waals surface area contributed by atoms with Crippen molar-refractivity contribution in [2.75, 3.05) is 21.0 Å². The van der Waals surface area contributed by atoms with Crippen molar-refractivity contribution in [1.82, 2.24) is 0 Å². The van der Waals surface area contributed by atoms with Crippen LogP contribution in [0.3, 0.4) is 0 Å². The van der Waals surface area contributed by atoms with Crippen LogP contribution in [0.25, 0.3) is 32.5 Å². The Labute approximate surface area is 362 Å². The molecular formula is C52H58O6S2. The molecule has 7 rings (SSSR count). The molecule has 0 saturated heterocycles. The van der Waals surface area contributed by atoms with Crippen LogP contribution >= 0.6 is 22.7 Å². The summed E-state index contributed by atoms with van der Waals surface area (Å²) in [6.07, 6.45) is 6.15. The number of hydrogen-bond donors (Lipinski definition) is 1. The molecule has 0 saturated carbocycles. The summed E-state index contributed by atoms with van der Waals surface area (Å²) < 4.78 is 26.9. The van der Waals surface area contributed by atoms with E-state index in [2.05, 4.69) is 138 Å². The van der Waals surface area contributed by atoms with Crippen LogP contribution in [0, 0.1) is 20.6 Å². The van der Waals surface area contributed by atoms with E-state index in [0.717, 1.165) is 73.8 Å². The number of benzene rings is 3. The van der Waals surface area contributed by atoms with Gasteiger partial charge in [0, 0.05) is 41.1 Å². The van der Waals surface area contributed by atoms with Crippen molar-refractivity contribution < 1.29 is 28.8 Å². The van der Waals surface area contributed by atoms with E-state index in [-0.39, 0.29) is 34.2 Å². The first-order valence-corrected chi connectivity index (χ1v) is 22.1. The molecule has 1 N–H and O–H groups in total. The summed E-state index contributed by atoms with van der Waals surface area (Å²) in [4.78, 5) is 15.8. The van der Waals surface area contributed by atoms with E-state index < -0.39 is 0 Å². The number of rotatable bonds is 4. The molecule has 3 aromatic carbocycles. The first kappa shape index (κ1) is 43.1. The molecule has 0 spiro atoms. The van der Waals surface area contributed by atoms with Crippen molar-refractivity contribution >= 4 is 40.1 Å². The molecule has 0 fully saturated rings. The van der Waals surface area contributed by atoms with Crippen molar-refractivity contribution in [3.8, 4) is 49.6 Å². The van der Waals surface area contributed by atoms with Gasteiger partial charge in [-0.2, -0.15) is 0 Å². The fourth-order valence-corrected chi connectivity index (χ4v) is 9.71. The molecule has 5 aromatic rings. The molecule has 60 heavy (non-hydrogen) atoms. The van der Waals surface area contributed by atoms with Crippen molar-refractivity contribution in [2.24, 2.45) is 10.8 Å². The molecule has 314 valence electrons. The monoisotopic (exact) mass is 842 g/mol. The number of thiophene rings is 2. The summed E-state index contributed by atoms with van der Waals surface area (Å²) in [7, 11) is 3.35. The molecule has 0 unspecified atom stereocenters. The van der Waals surface area contributed by atoms with Crippen LogP contribution in [-0.4, -0.2) is 31.9 Å². The third-order valence-corrected chi connectivity index (χ3v) is 13.5.